The number of aromatic nitrogens is 1. The van der Waals surface area contributed by atoms with Gasteiger partial charge in [-0.2, -0.15) is 13.2 Å². The van der Waals surface area contributed by atoms with Crippen LogP contribution in [0, 0.1) is 0 Å². The second-order valence-corrected chi connectivity index (χ2v) is 7.47. The van der Waals surface area contributed by atoms with Crippen molar-refractivity contribution in [3.05, 3.63) is 64.7 Å². The minimum Gasteiger partial charge on any atom is -0.496 e. The number of anilines is 2. The molecule has 0 N–H and O–H groups in total. The third kappa shape index (κ3) is 5.43. The fourth-order valence-electron chi connectivity index (χ4n) is 2.98. The summed E-state index contributed by atoms with van der Waals surface area (Å²) in [5, 5.41) is 1.69. The Hall–Kier alpha value is -3.60. The Bertz CT molecular complexity index is 1140. The van der Waals surface area contributed by atoms with E-state index >= 15 is 0 Å². The van der Waals surface area contributed by atoms with E-state index in [0.717, 1.165) is 28.4 Å². The van der Waals surface area contributed by atoms with Gasteiger partial charge in [-0.15, -0.1) is 11.3 Å². The Morgan fingerprint density at radius 2 is 1.70 bits per heavy atom. The maximum atomic E-state index is 13.1. The van der Waals surface area contributed by atoms with Crippen molar-refractivity contribution in [2.75, 3.05) is 19.1 Å². The normalized spacial score (nSPS) is 11.1. The molecule has 1 aromatic heterocycles. The van der Waals surface area contributed by atoms with Crippen LogP contribution in [0.25, 0.3) is 0 Å². The van der Waals surface area contributed by atoms with E-state index in [0.29, 0.717) is 5.69 Å². The average molecular weight is 480 g/mol. The SMILES string of the molecule is COc1cccc(OC)c1C(=O)OCc1csc(N(C(C)=O)c2cccc(C(F)(F)F)c2)n1. The number of thiazole rings is 1. The molecule has 11 heteroatoms. The van der Waals surface area contributed by atoms with Gasteiger partial charge in [-0.3, -0.25) is 9.69 Å². The van der Waals surface area contributed by atoms with Crippen LogP contribution in [0.3, 0.4) is 0 Å². The van der Waals surface area contributed by atoms with Crippen molar-refractivity contribution in [1.29, 1.82) is 0 Å². The number of carbonyl (C=O) groups excluding carboxylic acids is 2. The number of halogens is 3. The van der Waals surface area contributed by atoms with Gasteiger partial charge in [-0.1, -0.05) is 12.1 Å². The lowest BCUT2D eigenvalue weighted by atomic mass is 10.2. The van der Waals surface area contributed by atoms with Gasteiger partial charge >= 0.3 is 12.1 Å². The zero-order valence-corrected chi connectivity index (χ0v) is 18.6. The van der Waals surface area contributed by atoms with Gasteiger partial charge < -0.3 is 14.2 Å². The predicted molar refractivity (Wildman–Crippen MR) is 115 cm³/mol. The Kier molecular flexibility index (Phi) is 7.22. The summed E-state index contributed by atoms with van der Waals surface area (Å²) < 4.78 is 54.9. The summed E-state index contributed by atoms with van der Waals surface area (Å²) in [7, 11) is 2.81. The fraction of sp³-hybridized carbons (Fsp3) is 0.227. The monoisotopic (exact) mass is 480 g/mol. The maximum absolute atomic E-state index is 13.1. The molecule has 0 saturated heterocycles. The van der Waals surface area contributed by atoms with Crippen molar-refractivity contribution in [3.8, 4) is 11.5 Å². The quantitative estimate of drug-likeness (QED) is 0.432. The van der Waals surface area contributed by atoms with Gasteiger partial charge in [0, 0.05) is 12.3 Å². The Balaban J connectivity index is 1.81. The largest absolute Gasteiger partial charge is 0.496 e. The molecule has 0 saturated carbocycles. The van der Waals surface area contributed by atoms with Crippen LogP contribution in [0.1, 0.15) is 28.5 Å². The molecule has 3 rings (SSSR count). The van der Waals surface area contributed by atoms with E-state index < -0.39 is 23.6 Å². The highest BCUT2D eigenvalue weighted by molar-refractivity contribution is 7.14. The predicted octanol–water partition coefficient (Wildman–Crippen LogP) is 5.22. The van der Waals surface area contributed by atoms with Crippen LogP contribution in [0.15, 0.2) is 47.8 Å². The molecule has 1 heterocycles. The summed E-state index contributed by atoms with van der Waals surface area (Å²) in [5.74, 6) is -0.692. The lowest BCUT2D eigenvalue weighted by Gasteiger charge is -2.19. The highest BCUT2D eigenvalue weighted by atomic mass is 32.1. The number of alkyl halides is 3. The molecule has 1 amide bonds. The summed E-state index contributed by atoms with van der Waals surface area (Å²) in [5.41, 5.74) is -0.445. The minimum absolute atomic E-state index is 0.0222. The first-order valence-corrected chi connectivity index (χ1v) is 10.3. The number of benzene rings is 2. The maximum Gasteiger partial charge on any atom is 0.416 e. The van der Waals surface area contributed by atoms with Gasteiger partial charge in [0.2, 0.25) is 5.91 Å². The van der Waals surface area contributed by atoms with Gasteiger partial charge in [0.1, 0.15) is 23.7 Å². The molecule has 3 aromatic rings. The highest BCUT2D eigenvalue weighted by Gasteiger charge is 2.31. The zero-order valence-electron chi connectivity index (χ0n) is 17.8. The lowest BCUT2D eigenvalue weighted by molar-refractivity contribution is -0.137. The summed E-state index contributed by atoms with van der Waals surface area (Å²) in [6.07, 6.45) is -4.56. The topological polar surface area (TPSA) is 78.0 Å². The number of methoxy groups -OCH3 is 2. The van der Waals surface area contributed by atoms with Crippen molar-refractivity contribution < 1.29 is 37.0 Å². The highest BCUT2D eigenvalue weighted by Crippen LogP contribution is 2.35. The first kappa shape index (κ1) is 24.1. The van der Waals surface area contributed by atoms with E-state index in [1.54, 1.807) is 23.6 Å². The molecule has 174 valence electrons. The summed E-state index contributed by atoms with van der Waals surface area (Å²) in [6, 6.07) is 9.21. The molecule has 7 nitrogen and oxygen atoms in total. The third-order valence-corrected chi connectivity index (χ3v) is 5.34. The van der Waals surface area contributed by atoms with E-state index in [-0.39, 0.29) is 34.5 Å². The van der Waals surface area contributed by atoms with Crippen LogP contribution >= 0.6 is 11.3 Å². The van der Waals surface area contributed by atoms with E-state index in [1.165, 1.54) is 33.3 Å². The van der Waals surface area contributed by atoms with E-state index in [2.05, 4.69) is 4.98 Å². The van der Waals surface area contributed by atoms with Gasteiger partial charge in [-0.05, 0) is 30.3 Å². The Labute approximate surface area is 191 Å². The van der Waals surface area contributed by atoms with Crippen LogP contribution in [-0.4, -0.2) is 31.1 Å². The second-order valence-electron chi connectivity index (χ2n) is 6.64. The van der Waals surface area contributed by atoms with E-state index in [9.17, 15) is 22.8 Å². The number of hydrogen-bond acceptors (Lipinski definition) is 7. The molecule has 0 aliphatic heterocycles. The number of ether oxygens (including phenoxy) is 3. The Morgan fingerprint density at radius 3 is 2.27 bits per heavy atom. The molecule has 0 spiro atoms. The van der Waals surface area contributed by atoms with Crippen LogP contribution in [-0.2, 0) is 22.3 Å². The molecule has 0 radical (unpaired) electrons. The second kappa shape index (κ2) is 9.90. The first-order chi connectivity index (χ1) is 15.7. The minimum atomic E-state index is -4.56. The van der Waals surface area contributed by atoms with Gasteiger partial charge in [0.15, 0.2) is 5.13 Å². The fourth-order valence-corrected chi connectivity index (χ4v) is 3.85. The van der Waals surface area contributed by atoms with Crippen molar-refractivity contribution in [2.24, 2.45) is 0 Å². The Morgan fingerprint density at radius 1 is 1.06 bits per heavy atom. The molecule has 2 aromatic carbocycles. The molecule has 0 atom stereocenters. The van der Waals surface area contributed by atoms with Crippen molar-refractivity contribution in [2.45, 2.75) is 19.7 Å². The van der Waals surface area contributed by atoms with E-state index in [1.807, 2.05) is 0 Å². The average Bonchev–Trinajstić information content (AvgIpc) is 3.24. The van der Waals surface area contributed by atoms with Gasteiger partial charge in [0.25, 0.3) is 0 Å². The van der Waals surface area contributed by atoms with Crippen LogP contribution < -0.4 is 14.4 Å². The summed E-state index contributed by atoms with van der Waals surface area (Å²) in [6.45, 7) is 0.986. The molecular weight excluding hydrogens is 461 g/mol. The number of hydrogen-bond donors (Lipinski definition) is 0. The third-order valence-electron chi connectivity index (χ3n) is 4.46. The molecule has 0 aliphatic carbocycles. The van der Waals surface area contributed by atoms with Crippen LogP contribution in [0.5, 0.6) is 11.5 Å². The first-order valence-electron chi connectivity index (χ1n) is 9.46. The molecule has 0 aliphatic rings. The molecule has 33 heavy (non-hydrogen) atoms. The van der Waals surface area contributed by atoms with E-state index in [4.69, 9.17) is 14.2 Å². The van der Waals surface area contributed by atoms with Crippen molar-refractivity contribution in [1.82, 2.24) is 4.98 Å². The van der Waals surface area contributed by atoms with Gasteiger partial charge in [-0.25, -0.2) is 9.78 Å². The zero-order chi connectivity index (χ0) is 24.2. The molecule has 0 unspecified atom stereocenters. The molecular formula is C22H19F3N2O5S. The standard InChI is InChI=1S/C22H19F3N2O5S/c1-13(28)27(16-7-4-6-14(10-16)22(23,24)25)21-26-15(12-33-21)11-32-20(29)19-17(30-2)8-5-9-18(19)31-3/h4-10,12H,11H2,1-3H3. The van der Waals surface area contributed by atoms with Crippen LogP contribution in [0.4, 0.5) is 24.0 Å². The molecule has 0 fully saturated rings. The number of rotatable bonds is 7. The number of nitrogens with zero attached hydrogens (tertiary/aromatic N) is 2. The summed E-state index contributed by atoms with van der Waals surface area (Å²) >= 11 is 1.03. The van der Waals surface area contributed by atoms with Crippen molar-refractivity contribution in [3.63, 3.8) is 0 Å². The number of amides is 1. The lowest BCUT2D eigenvalue weighted by Crippen LogP contribution is -2.23. The van der Waals surface area contributed by atoms with Crippen molar-refractivity contribution >= 4 is 34.0 Å². The van der Waals surface area contributed by atoms with Gasteiger partial charge in [0.05, 0.1) is 31.2 Å². The van der Waals surface area contributed by atoms with Crippen LogP contribution in [0.2, 0.25) is 0 Å². The smallest absolute Gasteiger partial charge is 0.416 e. The molecule has 0 bridgehead atoms. The number of esters is 1. The summed E-state index contributed by atoms with van der Waals surface area (Å²) in [4.78, 5) is 30.1. The number of carbonyl (C=O) groups is 2.